The lowest BCUT2D eigenvalue weighted by atomic mass is 9.99. The highest BCUT2D eigenvalue weighted by Crippen LogP contribution is 2.26. The van der Waals surface area contributed by atoms with Crippen molar-refractivity contribution in [1.82, 2.24) is 10.3 Å². The molecular weight excluding hydrogens is 310 g/mol. The van der Waals surface area contributed by atoms with Crippen molar-refractivity contribution in [1.29, 1.82) is 0 Å². The molecule has 2 aromatic rings. The Morgan fingerprint density at radius 1 is 1.28 bits per heavy atom. The summed E-state index contributed by atoms with van der Waals surface area (Å²) in [5.41, 5.74) is 1.62. The third kappa shape index (κ3) is 3.94. The molecule has 25 heavy (non-hydrogen) atoms. The third-order valence-electron chi connectivity index (χ3n) is 5.29. The number of nitrogens with zero attached hydrogens (tertiary/aromatic N) is 2. The lowest BCUT2D eigenvalue weighted by Gasteiger charge is -2.32. The summed E-state index contributed by atoms with van der Waals surface area (Å²) in [5.74, 6) is 1.98. The molecule has 2 atom stereocenters. The number of amides is 1. The number of hydrogen-bond donors (Lipinski definition) is 1. The van der Waals surface area contributed by atoms with E-state index in [4.69, 9.17) is 4.98 Å². The minimum atomic E-state index is -0.00823. The average molecular weight is 339 g/mol. The van der Waals surface area contributed by atoms with Gasteiger partial charge < -0.3 is 10.2 Å². The standard InChI is InChI=1S/C21H29N3O/c1-14(2)16(4)22-21(25)18-12-20(24-11-7-8-15(3)13-24)23-19-10-6-5-9-17(18)19/h5-6,9-10,12,14-16H,7-8,11,13H2,1-4H3,(H,22,25). The molecule has 4 nitrogen and oxygen atoms in total. The van der Waals surface area contributed by atoms with E-state index >= 15 is 0 Å². The summed E-state index contributed by atoms with van der Waals surface area (Å²) < 4.78 is 0. The number of aromatic nitrogens is 1. The van der Waals surface area contributed by atoms with Gasteiger partial charge in [0, 0.05) is 24.5 Å². The van der Waals surface area contributed by atoms with Crippen LogP contribution in [0.4, 0.5) is 5.82 Å². The van der Waals surface area contributed by atoms with E-state index < -0.39 is 0 Å². The second-order valence-electron chi connectivity index (χ2n) is 7.74. The van der Waals surface area contributed by atoms with Gasteiger partial charge >= 0.3 is 0 Å². The molecule has 1 aromatic heterocycles. The maximum atomic E-state index is 12.9. The molecule has 0 aliphatic carbocycles. The van der Waals surface area contributed by atoms with Crippen LogP contribution >= 0.6 is 0 Å². The number of piperidine rings is 1. The monoisotopic (exact) mass is 339 g/mol. The highest BCUT2D eigenvalue weighted by atomic mass is 16.1. The topological polar surface area (TPSA) is 45.2 Å². The van der Waals surface area contributed by atoms with Crippen molar-refractivity contribution in [3.8, 4) is 0 Å². The summed E-state index contributed by atoms with van der Waals surface area (Å²) in [7, 11) is 0. The van der Waals surface area contributed by atoms with E-state index in [9.17, 15) is 4.79 Å². The van der Waals surface area contributed by atoms with E-state index in [0.29, 0.717) is 11.8 Å². The Balaban J connectivity index is 1.99. The number of carbonyl (C=O) groups is 1. The smallest absolute Gasteiger partial charge is 0.252 e. The number of para-hydroxylation sites is 1. The normalized spacial score (nSPS) is 19.2. The first kappa shape index (κ1) is 17.7. The van der Waals surface area contributed by atoms with Gasteiger partial charge in [-0.2, -0.15) is 0 Å². The van der Waals surface area contributed by atoms with Crippen molar-refractivity contribution in [3.05, 3.63) is 35.9 Å². The number of pyridine rings is 1. The summed E-state index contributed by atoms with van der Waals surface area (Å²) in [5, 5.41) is 4.06. The fourth-order valence-electron chi connectivity index (χ4n) is 3.36. The van der Waals surface area contributed by atoms with Crippen molar-refractivity contribution in [2.24, 2.45) is 11.8 Å². The molecule has 2 unspecified atom stereocenters. The lowest BCUT2D eigenvalue weighted by molar-refractivity contribution is 0.0932. The highest BCUT2D eigenvalue weighted by Gasteiger charge is 2.21. The van der Waals surface area contributed by atoms with Crippen LogP contribution < -0.4 is 10.2 Å². The molecule has 1 amide bonds. The van der Waals surface area contributed by atoms with Crippen LogP contribution in [0, 0.1) is 11.8 Å². The Morgan fingerprint density at radius 2 is 2.04 bits per heavy atom. The molecule has 1 aliphatic rings. The van der Waals surface area contributed by atoms with E-state index in [1.54, 1.807) is 0 Å². The predicted molar refractivity (Wildman–Crippen MR) is 104 cm³/mol. The summed E-state index contributed by atoms with van der Waals surface area (Å²) in [4.78, 5) is 20.1. The molecule has 1 N–H and O–H groups in total. The maximum absolute atomic E-state index is 12.9. The van der Waals surface area contributed by atoms with Crippen molar-refractivity contribution in [2.45, 2.75) is 46.6 Å². The first-order valence-corrected chi connectivity index (χ1v) is 9.41. The zero-order valence-corrected chi connectivity index (χ0v) is 15.7. The molecule has 1 saturated heterocycles. The zero-order valence-electron chi connectivity index (χ0n) is 15.7. The van der Waals surface area contributed by atoms with Gasteiger partial charge in [0.15, 0.2) is 0 Å². The fourth-order valence-corrected chi connectivity index (χ4v) is 3.36. The Labute approximate surface area is 150 Å². The molecule has 3 rings (SSSR count). The Morgan fingerprint density at radius 3 is 2.76 bits per heavy atom. The maximum Gasteiger partial charge on any atom is 0.252 e. The van der Waals surface area contributed by atoms with Crippen LogP contribution in [0.2, 0.25) is 0 Å². The summed E-state index contributed by atoms with van der Waals surface area (Å²) >= 11 is 0. The number of hydrogen-bond acceptors (Lipinski definition) is 3. The van der Waals surface area contributed by atoms with Crippen LogP contribution in [-0.2, 0) is 0 Å². The molecule has 0 bridgehead atoms. The minimum Gasteiger partial charge on any atom is -0.356 e. The van der Waals surface area contributed by atoms with Crippen LogP contribution in [-0.4, -0.2) is 30.0 Å². The fraction of sp³-hybridized carbons (Fsp3) is 0.524. The van der Waals surface area contributed by atoms with E-state index in [1.165, 1.54) is 12.8 Å². The largest absolute Gasteiger partial charge is 0.356 e. The first-order valence-electron chi connectivity index (χ1n) is 9.41. The average Bonchev–Trinajstić information content (AvgIpc) is 2.60. The van der Waals surface area contributed by atoms with Crippen LogP contribution in [0.1, 0.15) is 50.9 Å². The molecule has 4 heteroatoms. The van der Waals surface area contributed by atoms with Crippen LogP contribution in [0.3, 0.4) is 0 Å². The van der Waals surface area contributed by atoms with Gasteiger partial charge in [0.2, 0.25) is 0 Å². The molecule has 1 aromatic carbocycles. The van der Waals surface area contributed by atoms with Crippen molar-refractivity contribution < 1.29 is 4.79 Å². The number of rotatable bonds is 4. The van der Waals surface area contributed by atoms with Gasteiger partial charge in [-0.05, 0) is 43.7 Å². The van der Waals surface area contributed by atoms with Gasteiger partial charge in [-0.15, -0.1) is 0 Å². The van der Waals surface area contributed by atoms with Crippen LogP contribution in [0.5, 0.6) is 0 Å². The van der Waals surface area contributed by atoms with Gasteiger partial charge in [-0.1, -0.05) is 39.0 Å². The molecule has 0 radical (unpaired) electrons. The van der Waals surface area contributed by atoms with E-state index in [1.807, 2.05) is 30.3 Å². The van der Waals surface area contributed by atoms with Gasteiger partial charge in [-0.3, -0.25) is 4.79 Å². The van der Waals surface area contributed by atoms with Gasteiger partial charge in [0.05, 0.1) is 11.1 Å². The van der Waals surface area contributed by atoms with Crippen molar-refractivity contribution >= 4 is 22.6 Å². The van der Waals surface area contributed by atoms with Crippen LogP contribution in [0.15, 0.2) is 30.3 Å². The summed E-state index contributed by atoms with van der Waals surface area (Å²) in [6.07, 6.45) is 2.45. The molecular formula is C21H29N3O. The molecule has 134 valence electrons. The van der Waals surface area contributed by atoms with E-state index in [2.05, 4.69) is 37.9 Å². The minimum absolute atomic E-state index is 0.00823. The molecule has 2 heterocycles. The third-order valence-corrected chi connectivity index (χ3v) is 5.29. The SMILES string of the molecule is CC1CCCN(c2cc(C(=O)NC(C)C(C)C)c3ccccc3n2)C1. The molecule has 1 fully saturated rings. The Kier molecular flexibility index (Phi) is 5.26. The lowest BCUT2D eigenvalue weighted by Crippen LogP contribution is -2.37. The predicted octanol–water partition coefficient (Wildman–Crippen LogP) is 4.25. The first-order chi connectivity index (χ1) is 12.0. The summed E-state index contributed by atoms with van der Waals surface area (Å²) in [6, 6.07) is 10.0. The molecule has 0 spiro atoms. The van der Waals surface area contributed by atoms with E-state index in [-0.39, 0.29) is 11.9 Å². The second kappa shape index (κ2) is 7.42. The number of fused-ring (bicyclic) bond motifs is 1. The van der Waals surface area contributed by atoms with Gasteiger partial charge in [0.25, 0.3) is 5.91 Å². The highest BCUT2D eigenvalue weighted by molar-refractivity contribution is 6.07. The number of carbonyl (C=O) groups excluding carboxylic acids is 1. The second-order valence-corrected chi connectivity index (χ2v) is 7.74. The van der Waals surface area contributed by atoms with Crippen molar-refractivity contribution in [2.75, 3.05) is 18.0 Å². The van der Waals surface area contributed by atoms with Crippen molar-refractivity contribution in [3.63, 3.8) is 0 Å². The van der Waals surface area contributed by atoms with E-state index in [0.717, 1.165) is 35.4 Å². The quantitative estimate of drug-likeness (QED) is 0.906. The van der Waals surface area contributed by atoms with Gasteiger partial charge in [-0.25, -0.2) is 4.98 Å². The number of benzene rings is 1. The summed E-state index contributed by atoms with van der Waals surface area (Å²) in [6.45, 7) is 10.6. The number of nitrogens with one attached hydrogen (secondary N) is 1. The number of anilines is 1. The van der Waals surface area contributed by atoms with Gasteiger partial charge in [0.1, 0.15) is 5.82 Å². The molecule has 1 aliphatic heterocycles. The Hall–Kier alpha value is -2.10. The molecule has 0 saturated carbocycles. The Bertz CT molecular complexity index is 756. The van der Waals surface area contributed by atoms with Crippen LogP contribution in [0.25, 0.3) is 10.9 Å². The zero-order chi connectivity index (χ0) is 18.0.